The van der Waals surface area contributed by atoms with Crippen molar-refractivity contribution in [1.29, 1.82) is 0 Å². The number of nitrogens with zero attached hydrogens (tertiary/aromatic N) is 5. The zero-order valence-electron chi connectivity index (χ0n) is 40.9. The molecule has 0 spiro atoms. The third-order valence-corrected chi connectivity index (χ3v) is 15.4. The Hall–Kier alpha value is -9.13. The SMILES string of the molecule is CC1(C)c2ccccc2-c2ccc(-c3nc(-c4cccc(-c5cccc(-c6cc(-c7ccc8c(c7)oc7ccccc78)nc(-c7ccccc7)n6)c5)c4)nc(-c4ccc5c(c4)C(C)(C)c4ccccc4-5)n3)cc21. The van der Waals surface area contributed by atoms with E-state index in [2.05, 4.69) is 204 Å². The molecule has 0 bridgehead atoms. The van der Waals surface area contributed by atoms with Crippen molar-refractivity contribution >= 4 is 21.9 Å². The summed E-state index contributed by atoms with van der Waals surface area (Å²) in [6.07, 6.45) is 0. The van der Waals surface area contributed by atoms with Gasteiger partial charge in [-0.1, -0.05) is 191 Å². The van der Waals surface area contributed by atoms with Gasteiger partial charge in [0, 0.05) is 55.0 Å². The van der Waals surface area contributed by atoms with Crippen LogP contribution in [0.3, 0.4) is 0 Å². The van der Waals surface area contributed by atoms with Crippen LogP contribution < -0.4 is 0 Å². The smallest absolute Gasteiger partial charge is 0.164 e. The van der Waals surface area contributed by atoms with Crippen molar-refractivity contribution in [3.8, 4) is 101 Å². The van der Waals surface area contributed by atoms with Crippen molar-refractivity contribution in [2.45, 2.75) is 38.5 Å². The molecule has 0 saturated carbocycles. The summed E-state index contributed by atoms with van der Waals surface area (Å²) < 4.78 is 6.32. The quantitative estimate of drug-likeness (QED) is 0.158. The Kier molecular flexibility index (Phi) is 9.48. The number of rotatable bonds is 7. The predicted octanol–water partition coefficient (Wildman–Crippen LogP) is 16.8. The Morgan fingerprint density at radius 2 is 0.699 bits per heavy atom. The first kappa shape index (κ1) is 42.7. The first-order chi connectivity index (χ1) is 35.6. The molecular weight excluding hydrogens is 891 g/mol. The van der Waals surface area contributed by atoms with E-state index >= 15 is 0 Å². The van der Waals surface area contributed by atoms with Crippen LogP contribution in [-0.4, -0.2) is 24.9 Å². The maximum absolute atomic E-state index is 6.32. The molecule has 0 radical (unpaired) electrons. The summed E-state index contributed by atoms with van der Waals surface area (Å²) in [5.74, 6) is 2.54. The van der Waals surface area contributed by atoms with Crippen LogP contribution in [0.15, 0.2) is 217 Å². The third kappa shape index (κ3) is 6.97. The fourth-order valence-electron chi connectivity index (χ4n) is 11.5. The second kappa shape index (κ2) is 16.2. The van der Waals surface area contributed by atoms with Gasteiger partial charge in [-0.05, 0) is 104 Å². The molecule has 0 atom stereocenters. The van der Waals surface area contributed by atoms with Gasteiger partial charge in [0.15, 0.2) is 23.3 Å². The molecule has 0 unspecified atom stereocenters. The molecule has 6 heteroatoms. The second-order valence-electron chi connectivity index (χ2n) is 20.5. The Bertz CT molecular complexity index is 4100. The standard InChI is InChI=1S/C67H47N5O/c1-66(2)54-25-11-8-22-48(54)50-31-29-46(36-56(50)66)64-70-63(71-65(72-64)47-30-32-51-49-23-9-12-26-55(49)67(3,4)57(51)37-47)45-21-15-19-42(35-45)41-18-14-20-43(34-41)58-39-59(69-62(68-58)40-16-6-5-7-17-40)44-28-33-53-52-24-10-13-27-60(52)73-61(53)38-44/h5-39H,1-4H3. The van der Waals surface area contributed by atoms with E-state index in [0.29, 0.717) is 23.3 Å². The summed E-state index contributed by atoms with van der Waals surface area (Å²) >= 11 is 0. The van der Waals surface area contributed by atoms with Crippen molar-refractivity contribution in [1.82, 2.24) is 24.9 Å². The van der Waals surface area contributed by atoms with Gasteiger partial charge in [-0.2, -0.15) is 0 Å². The summed E-state index contributed by atoms with van der Waals surface area (Å²) in [6, 6.07) is 74.8. The molecule has 0 fully saturated rings. The number of fused-ring (bicyclic) bond motifs is 9. The lowest BCUT2D eigenvalue weighted by Crippen LogP contribution is -2.15. The first-order valence-corrected chi connectivity index (χ1v) is 25.0. The maximum atomic E-state index is 6.32. The molecule has 12 aromatic rings. The summed E-state index contributed by atoms with van der Waals surface area (Å²) in [7, 11) is 0. The molecule has 3 aromatic heterocycles. The minimum absolute atomic E-state index is 0.176. The molecule has 6 nitrogen and oxygen atoms in total. The first-order valence-electron chi connectivity index (χ1n) is 25.0. The van der Waals surface area contributed by atoms with E-state index in [-0.39, 0.29) is 10.8 Å². The fourth-order valence-corrected chi connectivity index (χ4v) is 11.5. The van der Waals surface area contributed by atoms with Crippen molar-refractivity contribution in [2.75, 3.05) is 0 Å². The van der Waals surface area contributed by atoms with Crippen molar-refractivity contribution in [3.05, 3.63) is 235 Å². The van der Waals surface area contributed by atoms with Gasteiger partial charge in [-0.15, -0.1) is 0 Å². The molecule has 0 amide bonds. The molecular formula is C67H47N5O. The molecule has 9 aromatic carbocycles. The molecule has 0 N–H and O–H groups in total. The van der Waals surface area contributed by atoms with E-state index in [1.165, 1.54) is 44.5 Å². The number of hydrogen-bond acceptors (Lipinski definition) is 6. The van der Waals surface area contributed by atoms with Crippen LogP contribution in [0.5, 0.6) is 0 Å². The van der Waals surface area contributed by atoms with E-state index < -0.39 is 0 Å². The van der Waals surface area contributed by atoms with E-state index in [4.69, 9.17) is 29.3 Å². The molecule has 2 aliphatic rings. The summed E-state index contributed by atoms with van der Waals surface area (Å²) in [4.78, 5) is 26.3. The molecule has 2 aliphatic carbocycles. The van der Waals surface area contributed by atoms with Crippen molar-refractivity contribution in [2.24, 2.45) is 0 Å². The van der Waals surface area contributed by atoms with E-state index in [0.717, 1.165) is 77.8 Å². The topological polar surface area (TPSA) is 77.6 Å². The minimum atomic E-state index is -0.176. The van der Waals surface area contributed by atoms with E-state index in [1.54, 1.807) is 0 Å². The highest BCUT2D eigenvalue weighted by molar-refractivity contribution is 6.06. The van der Waals surface area contributed by atoms with Gasteiger partial charge in [-0.3, -0.25) is 0 Å². The molecule has 3 heterocycles. The van der Waals surface area contributed by atoms with Crippen LogP contribution in [-0.2, 0) is 10.8 Å². The Labute approximate surface area is 423 Å². The van der Waals surface area contributed by atoms with Gasteiger partial charge < -0.3 is 4.42 Å². The molecule has 0 saturated heterocycles. The maximum Gasteiger partial charge on any atom is 0.164 e. The number of hydrogen-bond donors (Lipinski definition) is 0. The van der Waals surface area contributed by atoms with Crippen molar-refractivity contribution in [3.63, 3.8) is 0 Å². The number of benzene rings is 9. The Morgan fingerprint density at radius 3 is 1.32 bits per heavy atom. The molecule has 73 heavy (non-hydrogen) atoms. The Balaban J connectivity index is 0.875. The van der Waals surface area contributed by atoms with Gasteiger partial charge in [-0.25, -0.2) is 24.9 Å². The summed E-state index contributed by atoms with van der Waals surface area (Å²) in [6.45, 7) is 9.24. The van der Waals surface area contributed by atoms with Crippen molar-refractivity contribution < 1.29 is 4.42 Å². The lowest BCUT2D eigenvalue weighted by atomic mass is 9.82. The fraction of sp³-hybridized carbons (Fsp3) is 0.0896. The number of furan rings is 1. The van der Waals surface area contributed by atoms with Crippen LogP contribution in [0.2, 0.25) is 0 Å². The lowest BCUT2D eigenvalue weighted by molar-refractivity contribution is 0.660. The monoisotopic (exact) mass is 937 g/mol. The van der Waals surface area contributed by atoms with E-state index in [9.17, 15) is 0 Å². The number of para-hydroxylation sites is 1. The zero-order chi connectivity index (χ0) is 49.0. The average Bonchev–Trinajstić information content (AvgIpc) is 4.02. The third-order valence-electron chi connectivity index (χ3n) is 15.4. The van der Waals surface area contributed by atoms with Gasteiger partial charge in [0.2, 0.25) is 0 Å². The van der Waals surface area contributed by atoms with Gasteiger partial charge in [0.05, 0.1) is 11.4 Å². The Morgan fingerprint density at radius 1 is 0.274 bits per heavy atom. The summed E-state index contributed by atoms with van der Waals surface area (Å²) in [5, 5.41) is 2.17. The predicted molar refractivity (Wildman–Crippen MR) is 296 cm³/mol. The highest BCUT2D eigenvalue weighted by Crippen LogP contribution is 2.51. The van der Waals surface area contributed by atoms with Crippen LogP contribution in [0.4, 0.5) is 0 Å². The van der Waals surface area contributed by atoms with Crippen LogP contribution in [0.25, 0.3) is 123 Å². The summed E-state index contributed by atoms with van der Waals surface area (Å²) in [5.41, 5.74) is 21.0. The number of aromatic nitrogens is 5. The molecule has 346 valence electrons. The largest absolute Gasteiger partial charge is 0.456 e. The van der Waals surface area contributed by atoms with Gasteiger partial charge in [0.1, 0.15) is 11.2 Å². The van der Waals surface area contributed by atoms with Crippen LogP contribution >= 0.6 is 0 Å². The van der Waals surface area contributed by atoms with Crippen LogP contribution in [0, 0.1) is 0 Å². The van der Waals surface area contributed by atoms with Gasteiger partial charge >= 0.3 is 0 Å². The molecule has 14 rings (SSSR count). The lowest BCUT2D eigenvalue weighted by Gasteiger charge is -2.22. The minimum Gasteiger partial charge on any atom is -0.456 e. The van der Waals surface area contributed by atoms with Gasteiger partial charge in [0.25, 0.3) is 0 Å². The van der Waals surface area contributed by atoms with Crippen LogP contribution in [0.1, 0.15) is 49.9 Å². The molecule has 0 aliphatic heterocycles. The second-order valence-corrected chi connectivity index (χ2v) is 20.5. The highest BCUT2D eigenvalue weighted by atomic mass is 16.3. The average molecular weight is 938 g/mol. The highest BCUT2D eigenvalue weighted by Gasteiger charge is 2.37. The normalized spacial score (nSPS) is 13.7. The zero-order valence-corrected chi connectivity index (χ0v) is 40.9. The van der Waals surface area contributed by atoms with E-state index in [1.807, 2.05) is 36.4 Å².